The first-order valence-corrected chi connectivity index (χ1v) is 7.07. The number of hydrogen-bond donors (Lipinski definition) is 1. The monoisotopic (exact) mass is 312 g/mol. The minimum Gasteiger partial charge on any atom is -0.310 e. The fraction of sp³-hybridized carbons (Fsp3) is 0.538. The summed E-state index contributed by atoms with van der Waals surface area (Å²) in [6.07, 6.45) is 3.75. The second-order valence-electron chi connectivity index (χ2n) is 4.81. The largest absolute Gasteiger partial charge is 0.310 e. The molecule has 18 heavy (non-hydrogen) atoms. The number of rotatable bonds is 6. The van der Waals surface area contributed by atoms with Gasteiger partial charge in [-0.3, -0.25) is 10.1 Å². The van der Waals surface area contributed by atoms with Gasteiger partial charge in [0.15, 0.2) is 0 Å². The molecule has 0 radical (unpaired) electrons. The second kappa shape index (κ2) is 5.80. The fourth-order valence-corrected chi connectivity index (χ4v) is 2.64. The zero-order valence-electron chi connectivity index (χ0n) is 10.4. The Bertz CT molecular complexity index is 451. The number of benzene rings is 1. The van der Waals surface area contributed by atoms with Crippen molar-refractivity contribution in [2.24, 2.45) is 5.92 Å². The molecule has 1 N–H and O–H groups in total. The van der Waals surface area contributed by atoms with E-state index in [4.69, 9.17) is 0 Å². The Morgan fingerprint density at radius 2 is 2.33 bits per heavy atom. The molecule has 2 unspecified atom stereocenters. The lowest BCUT2D eigenvalue weighted by atomic mass is 10.2. The van der Waals surface area contributed by atoms with Crippen LogP contribution < -0.4 is 5.32 Å². The first-order chi connectivity index (χ1) is 8.61. The summed E-state index contributed by atoms with van der Waals surface area (Å²) in [5.41, 5.74) is 1.10. The molecule has 98 valence electrons. The quantitative estimate of drug-likeness (QED) is 0.644. The molecule has 0 spiro atoms. The Balaban J connectivity index is 1.90. The van der Waals surface area contributed by atoms with Crippen molar-refractivity contribution >= 4 is 21.6 Å². The molecule has 1 aromatic carbocycles. The first kappa shape index (κ1) is 13.5. The van der Waals surface area contributed by atoms with Crippen molar-refractivity contribution in [2.45, 2.75) is 38.8 Å². The number of nitro benzene ring substituents is 1. The zero-order valence-corrected chi connectivity index (χ0v) is 11.9. The Labute approximate surface area is 115 Å². The van der Waals surface area contributed by atoms with E-state index in [0.717, 1.165) is 11.5 Å². The molecule has 1 aliphatic carbocycles. The Morgan fingerprint density at radius 3 is 3.00 bits per heavy atom. The summed E-state index contributed by atoms with van der Waals surface area (Å²) in [7, 11) is 0. The van der Waals surface area contributed by atoms with Crippen LogP contribution in [0.3, 0.4) is 0 Å². The summed E-state index contributed by atoms with van der Waals surface area (Å²) in [5.74, 6) is 0.806. The molecular formula is C13H17BrN2O2. The van der Waals surface area contributed by atoms with E-state index in [2.05, 4.69) is 28.2 Å². The van der Waals surface area contributed by atoms with E-state index >= 15 is 0 Å². The number of hydrogen-bond acceptors (Lipinski definition) is 3. The molecule has 1 fully saturated rings. The molecule has 1 aromatic rings. The Kier molecular flexibility index (Phi) is 4.35. The van der Waals surface area contributed by atoms with Crippen molar-refractivity contribution in [1.82, 2.24) is 5.32 Å². The van der Waals surface area contributed by atoms with Gasteiger partial charge in [0, 0.05) is 18.7 Å². The third kappa shape index (κ3) is 3.29. The predicted molar refractivity (Wildman–Crippen MR) is 74.4 cm³/mol. The molecular weight excluding hydrogens is 296 g/mol. The smallest absolute Gasteiger partial charge is 0.283 e. The van der Waals surface area contributed by atoms with Crippen molar-refractivity contribution < 1.29 is 4.92 Å². The first-order valence-electron chi connectivity index (χ1n) is 6.28. The van der Waals surface area contributed by atoms with Crippen molar-refractivity contribution in [3.05, 3.63) is 38.3 Å². The van der Waals surface area contributed by atoms with Gasteiger partial charge in [-0.15, -0.1) is 0 Å². The van der Waals surface area contributed by atoms with Gasteiger partial charge < -0.3 is 5.32 Å². The molecule has 0 heterocycles. The van der Waals surface area contributed by atoms with E-state index in [1.807, 2.05) is 6.07 Å². The third-order valence-electron chi connectivity index (χ3n) is 3.36. The van der Waals surface area contributed by atoms with Crippen LogP contribution in [0.1, 0.15) is 31.7 Å². The molecule has 0 aliphatic heterocycles. The van der Waals surface area contributed by atoms with Crippen LogP contribution in [0, 0.1) is 16.0 Å². The fourth-order valence-electron chi connectivity index (χ4n) is 2.24. The normalized spacial score (nSPS) is 21.9. The number of nitro groups is 1. The molecule has 0 saturated heterocycles. The van der Waals surface area contributed by atoms with E-state index in [-0.39, 0.29) is 10.6 Å². The lowest BCUT2D eigenvalue weighted by molar-refractivity contribution is -0.385. The molecule has 0 bridgehead atoms. The standard InChI is InChI=1S/C13H17BrN2O2/c1-2-3-10-7-12(10)15-8-9-4-5-11(14)13(6-9)16(17)18/h4-6,10,12,15H,2-3,7-8H2,1H3. The summed E-state index contributed by atoms with van der Waals surface area (Å²) >= 11 is 3.19. The predicted octanol–water partition coefficient (Wildman–Crippen LogP) is 3.64. The summed E-state index contributed by atoms with van der Waals surface area (Å²) in [4.78, 5) is 10.5. The minimum absolute atomic E-state index is 0.134. The molecule has 2 atom stereocenters. The number of nitrogens with zero attached hydrogens (tertiary/aromatic N) is 1. The van der Waals surface area contributed by atoms with Crippen molar-refractivity contribution in [3.63, 3.8) is 0 Å². The van der Waals surface area contributed by atoms with Crippen LogP contribution in [0.2, 0.25) is 0 Å². The highest BCUT2D eigenvalue weighted by Crippen LogP contribution is 2.35. The highest BCUT2D eigenvalue weighted by atomic mass is 79.9. The van der Waals surface area contributed by atoms with Crippen molar-refractivity contribution in [1.29, 1.82) is 0 Å². The molecule has 2 rings (SSSR count). The number of halogens is 1. The van der Waals surface area contributed by atoms with Crippen LogP contribution in [0.25, 0.3) is 0 Å². The third-order valence-corrected chi connectivity index (χ3v) is 4.03. The molecule has 5 heteroatoms. The summed E-state index contributed by atoms with van der Waals surface area (Å²) in [6, 6.07) is 5.90. The zero-order chi connectivity index (χ0) is 13.1. The maximum atomic E-state index is 10.8. The maximum absolute atomic E-state index is 10.8. The van der Waals surface area contributed by atoms with Gasteiger partial charge in [-0.1, -0.05) is 19.4 Å². The van der Waals surface area contributed by atoms with Gasteiger partial charge in [0.05, 0.1) is 9.40 Å². The van der Waals surface area contributed by atoms with Gasteiger partial charge in [-0.05, 0) is 46.3 Å². The molecule has 0 amide bonds. The molecule has 1 saturated carbocycles. The van der Waals surface area contributed by atoms with Gasteiger partial charge in [0.25, 0.3) is 5.69 Å². The van der Waals surface area contributed by atoms with Crippen LogP contribution in [0.4, 0.5) is 5.69 Å². The van der Waals surface area contributed by atoms with Crippen LogP contribution in [-0.2, 0) is 6.54 Å². The topological polar surface area (TPSA) is 55.2 Å². The average Bonchev–Trinajstić information content (AvgIpc) is 3.07. The Hall–Kier alpha value is -0.940. The molecule has 4 nitrogen and oxygen atoms in total. The SMILES string of the molecule is CCCC1CC1NCc1ccc(Br)c([N+](=O)[O-])c1. The second-order valence-corrected chi connectivity index (χ2v) is 5.67. The summed E-state index contributed by atoms with van der Waals surface area (Å²) in [6.45, 7) is 2.91. The highest BCUT2D eigenvalue weighted by molar-refractivity contribution is 9.10. The number of nitrogens with one attached hydrogen (secondary N) is 1. The van der Waals surface area contributed by atoms with Crippen LogP contribution in [0.5, 0.6) is 0 Å². The Morgan fingerprint density at radius 1 is 1.56 bits per heavy atom. The lowest BCUT2D eigenvalue weighted by Crippen LogP contribution is -2.17. The summed E-state index contributed by atoms with van der Waals surface area (Å²) in [5, 5.41) is 14.3. The average molecular weight is 313 g/mol. The highest BCUT2D eigenvalue weighted by Gasteiger charge is 2.35. The van der Waals surface area contributed by atoms with E-state index in [9.17, 15) is 10.1 Å². The summed E-state index contributed by atoms with van der Waals surface area (Å²) < 4.78 is 0.534. The van der Waals surface area contributed by atoms with E-state index in [0.29, 0.717) is 17.1 Å². The van der Waals surface area contributed by atoms with Crippen molar-refractivity contribution in [3.8, 4) is 0 Å². The minimum atomic E-state index is -0.357. The van der Waals surface area contributed by atoms with Gasteiger partial charge in [0.2, 0.25) is 0 Å². The van der Waals surface area contributed by atoms with Crippen LogP contribution >= 0.6 is 15.9 Å². The molecule has 1 aliphatic rings. The van der Waals surface area contributed by atoms with Gasteiger partial charge in [0.1, 0.15) is 0 Å². The van der Waals surface area contributed by atoms with E-state index in [1.54, 1.807) is 12.1 Å². The van der Waals surface area contributed by atoms with Crippen LogP contribution in [-0.4, -0.2) is 11.0 Å². The molecule has 0 aromatic heterocycles. The van der Waals surface area contributed by atoms with Gasteiger partial charge >= 0.3 is 0 Å². The lowest BCUT2D eigenvalue weighted by Gasteiger charge is -2.05. The van der Waals surface area contributed by atoms with Gasteiger partial charge in [-0.25, -0.2) is 0 Å². The van der Waals surface area contributed by atoms with Crippen LogP contribution in [0.15, 0.2) is 22.7 Å². The van der Waals surface area contributed by atoms with E-state index < -0.39 is 0 Å². The van der Waals surface area contributed by atoms with Gasteiger partial charge in [-0.2, -0.15) is 0 Å². The van der Waals surface area contributed by atoms with E-state index in [1.165, 1.54) is 19.3 Å². The van der Waals surface area contributed by atoms with Crippen molar-refractivity contribution in [2.75, 3.05) is 0 Å². The maximum Gasteiger partial charge on any atom is 0.283 e.